The number of hydrogen-bond donors (Lipinski definition) is 2. The summed E-state index contributed by atoms with van der Waals surface area (Å²) in [7, 11) is 1.72. The first kappa shape index (κ1) is 36.5. The smallest absolute Gasteiger partial charge is 0.242 e. The van der Waals surface area contributed by atoms with Crippen molar-refractivity contribution in [1.82, 2.24) is 9.78 Å². The van der Waals surface area contributed by atoms with Crippen LogP contribution >= 0.6 is 22.9 Å². The third-order valence-corrected chi connectivity index (χ3v) is 14.3. The summed E-state index contributed by atoms with van der Waals surface area (Å²) in [5, 5.41) is 19.8. The van der Waals surface area contributed by atoms with E-state index in [4.69, 9.17) is 21.1 Å². The highest BCUT2D eigenvalue weighted by atomic mass is 35.5. The third kappa shape index (κ3) is 5.31. The summed E-state index contributed by atoms with van der Waals surface area (Å²) in [6.45, 7) is 3.47. The van der Waals surface area contributed by atoms with Crippen molar-refractivity contribution in [2.75, 3.05) is 15.1 Å². The maximum atomic E-state index is 15.1. The van der Waals surface area contributed by atoms with Crippen molar-refractivity contribution in [3.63, 3.8) is 0 Å². The third-order valence-electron chi connectivity index (χ3n) is 12.8. The van der Waals surface area contributed by atoms with E-state index in [0.29, 0.717) is 40.2 Å². The Labute approximate surface area is 342 Å². The number of allylic oxidation sites excluding steroid dienone is 2. The van der Waals surface area contributed by atoms with Gasteiger partial charge in [0.05, 0.1) is 39.7 Å². The van der Waals surface area contributed by atoms with Crippen LogP contribution in [0.1, 0.15) is 42.8 Å². The number of anilines is 4. The van der Waals surface area contributed by atoms with Gasteiger partial charge in [0.2, 0.25) is 23.6 Å². The van der Waals surface area contributed by atoms with E-state index in [2.05, 4.69) is 5.32 Å². The molecule has 2 aliphatic heterocycles. The van der Waals surface area contributed by atoms with Gasteiger partial charge in [0.15, 0.2) is 0 Å². The standard InChI is InChI=1S/C45H38ClN5O6S/c1-23-31-19-24(46)9-18-36(31)58-40(23)34-21-37(49(3)48-34)51-42(54)33-20-32-29(39(45(33,2)44(51)56)35-17-14-28(22-52)57-35)15-16-30-38(32)43(55)50(41(30)53)27-12-10-26(11-13-27)47-25-7-5-4-6-8-25/h4-15,17-19,21,30,32-33,38-39,47,52H,16,20,22H2,1-3H3/t30-,32+,33-,38-,39+,45+/m0/s1. The van der Waals surface area contributed by atoms with Gasteiger partial charge in [0.25, 0.3) is 0 Å². The van der Waals surface area contributed by atoms with Gasteiger partial charge in [-0.3, -0.25) is 28.8 Å². The Morgan fingerprint density at radius 3 is 2.41 bits per heavy atom. The molecule has 1 saturated carbocycles. The molecule has 11 nitrogen and oxygen atoms in total. The van der Waals surface area contributed by atoms with Crippen molar-refractivity contribution in [3.05, 3.63) is 125 Å². The zero-order valence-corrected chi connectivity index (χ0v) is 33.4. The number of nitrogens with zero attached hydrogens (tertiary/aromatic N) is 4. The first-order chi connectivity index (χ1) is 28.0. The molecule has 3 aromatic heterocycles. The maximum Gasteiger partial charge on any atom is 0.242 e. The van der Waals surface area contributed by atoms with Gasteiger partial charge >= 0.3 is 0 Å². The zero-order chi connectivity index (χ0) is 40.2. The van der Waals surface area contributed by atoms with Gasteiger partial charge in [0.1, 0.15) is 29.6 Å². The molecule has 58 heavy (non-hydrogen) atoms. The van der Waals surface area contributed by atoms with Crippen molar-refractivity contribution in [3.8, 4) is 10.6 Å². The number of carbonyl (C=O) groups excluding carboxylic acids is 4. The number of aliphatic hydroxyl groups excluding tert-OH is 1. The molecule has 6 atom stereocenters. The van der Waals surface area contributed by atoms with E-state index in [9.17, 15) is 19.5 Å². The number of amides is 4. The van der Waals surface area contributed by atoms with E-state index in [1.54, 1.807) is 53.4 Å². The number of carbonyl (C=O) groups is 4. The van der Waals surface area contributed by atoms with E-state index >= 15 is 4.79 Å². The van der Waals surface area contributed by atoms with Crippen molar-refractivity contribution in [2.45, 2.75) is 39.2 Å². The number of fused-ring (bicyclic) bond motifs is 5. The van der Waals surface area contributed by atoms with Crippen molar-refractivity contribution in [1.29, 1.82) is 0 Å². The molecule has 3 fully saturated rings. The molecule has 2 saturated heterocycles. The molecule has 13 heteroatoms. The van der Waals surface area contributed by atoms with Gasteiger partial charge in [-0.15, -0.1) is 11.3 Å². The predicted molar refractivity (Wildman–Crippen MR) is 222 cm³/mol. The first-order valence-electron chi connectivity index (χ1n) is 19.3. The minimum absolute atomic E-state index is 0.197. The van der Waals surface area contributed by atoms with Gasteiger partial charge in [-0.05, 0) is 110 Å². The van der Waals surface area contributed by atoms with Gasteiger partial charge in [-0.25, -0.2) is 4.90 Å². The summed E-state index contributed by atoms with van der Waals surface area (Å²) >= 11 is 7.89. The van der Waals surface area contributed by atoms with Crippen LogP contribution in [-0.2, 0) is 32.8 Å². The van der Waals surface area contributed by atoms with Crippen molar-refractivity contribution < 1.29 is 28.7 Å². The summed E-state index contributed by atoms with van der Waals surface area (Å²) < 4.78 is 8.80. The van der Waals surface area contributed by atoms with Crippen LogP contribution in [-0.4, -0.2) is 38.5 Å². The minimum atomic E-state index is -1.31. The number of para-hydroxylation sites is 1. The Morgan fingerprint density at radius 2 is 1.67 bits per heavy atom. The van der Waals surface area contributed by atoms with Crippen molar-refractivity contribution >= 4 is 79.5 Å². The molecule has 0 bridgehead atoms. The van der Waals surface area contributed by atoms with E-state index in [1.165, 1.54) is 9.80 Å². The number of hydrogen-bond acceptors (Lipinski definition) is 9. The number of aryl methyl sites for hydroxylation is 2. The van der Waals surface area contributed by atoms with Gasteiger partial charge in [-0.1, -0.05) is 41.4 Å². The lowest BCUT2D eigenvalue weighted by atomic mass is 9.52. The highest BCUT2D eigenvalue weighted by molar-refractivity contribution is 7.22. The molecule has 0 spiro atoms. The number of aromatic nitrogens is 2. The van der Waals surface area contributed by atoms with Gasteiger partial charge in [-0.2, -0.15) is 5.10 Å². The number of rotatable bonds is 7. The fourth-order valence-corrected chi connectivity index (χ4v) is 11.3. The van der Waals surface area contributed by atoms with Crippen LogP contribution in [0.15, 0.2) is 107 Å². The normalized spacial score (nSPS) is 25.3. The molecule has 292 valence electrons. The van der Waals surface area contributed by atoms with E-state index in [0.717, 1.165) is 37.5 Å². The number of imide groups is 2. The molecule has 0 unspecified atom stereocenters. The first-order valence-corrected chi connectivity index (χ1v) is 20.5. The summed E-state index contributed by atoms with van der Waals surface area (Å²) in [4.78, 5) is 62.2. The maximum absolute atomic E-state index is 15.1. The van der Waals surface area contributed by atoms with Crippen LogP contribution < -0.4 is 15.1 Å². The molecule has 4 aliphatic rings. The molecule has 2 N–H and O–H groups in total. The number of furan rings is 1. The van der Waals surface area contributed by atoms with Gasteiger partial charge < -0.3 is 14.8 Å². The molecule has 0 radical (unpaired) electrons. The van der Waals surface area contributed by atoms with Crippen LogP contribution in [0.3, 0.4) is 0 Å². The Morgan fingerprint density at radius 1 is 0.914 bits per heavy atom. The molecule has 2 aliphatic carbocycles. The number of aliphatic hydroxyl groups is 1. The lowest BCUT2D eigenvalue weighted by molar-refractivity contribution is -0.131. The number of thiophene rings is 1. The largest absolute Gasteiger partial charge is 0.463 e. The Bertz CT molecular complexity index is 2740. The Hall–Kier alpha value is -5.82. The minimum Gasteiger partial charge on any atom is -0.463 e. The molecular formula is C45H38ClN5O6S. The topological polar surface area (TPSA) is 138 Å². The quantitative estimate of drug-likeness (QED) is 0.121. The van der Waals surface area contributed by atoms with Crippen molar-refractivity contribution in [2.24, 2.45) is 36.1 Å². The summed E-state index contributed by atoms with van der Waals surface area (Å²) in [6, 6.07) is 27.8. The lowest BCUT2D eigenvalue weighted by Gasteiger charge is -2.48. The second-order valence-electron chi connectivity index (χ2n) is 15.9. The molecule has 4 amide bonds. The fraction of sp³-hybridized carbons (Fsp3) is 0.267. The fourth-order valence-electron chi connectivity index (χ4n) is 10.0. The number of nitrogens with one attached hydrogen (secondary N) is 1. The summed E-state index contributed by atoms with van der Waals surface area (Å²) in [6.07, 6.45) is 2.48. The average molecular weight is 812 g/mol. The Kier molecular flexibility index (Phi) is 8.42. The van der Waals surface area contributed by atoms with Crippen LogP contribution in [0.4, 0.5) is 22.9 Å². The van der Waals surface area contributed by atoms with E-state index < -0.39 is 46.8 Å². The van der Waals surface area contributed by atoms with Crippen LogP contribution in [0, 0.1) is 36.0 Å². The number of halogens is 1. The van der Waals surface area contributed by atoms with Crippen LogP contribution in [0.5, 0.6) is 0 Å². The summed E-state index contributed by atoms with van der Waals surface area (Å²) in [5.74, 6) is -3.77. The molecule has 5 heterocycles. The summed E-state index contributed by atoms with van der Waals surface area (Å²) in [5.41, 5.74) is 3.32. The zero-order valence-electron chi connectivity index (χ0n) is 31.8. The van der Waals surface area contributed by atoms with Crippen LogP contribution in [0.25, 0.3) is 20.7 Å². The molecule has 10 rings (SSSR count). The second kappa shape index (κ2) is 13.4. The SMILES string of the molecule is Cc1c(-c2cc(N3C(=O)[C@@H]4C[C@@H]5C(=CC[C@@H]6C(=O)N(c7ccc(Nc8ccccc8)cc7)C(=O)[C@@H]65)[C@H](c5ccc(CO)o5)[C@]4(C)C3=O)n(C)n2)sc2ccc(Cl)cc12. The number of benzene rings is 3. The van der Waals surface area contributed by atoms with E-state index in [1.807, 2.05) is 80.6 Å². The monoisotopic (exact) mass is 811 g/mol. The second-order valence-corrected chi connectivity index (χ2v) is 17.4. The highest BCUT2D eigenvalue weighted by Crippen LogP contribution is 2.64. The van der Waals surface area contributed by atoms with Gasteiger partial charge in [0, 0.05) is 34.2 Å². The Balaban J connectivity index is 1.01. The average Bonchev–Trinajstić information content (AvgIpc) is 4.02. The highest BCUT2D eigenvalue weighted by Gasteiger charge is 2.68. The van der Waals surface area contributed by atoms with Crippen LogP contribution in [0.2, 0.25) is 5.02 Å². The molecular weight excluding hydrogens is 774 g/mol. The van der Waals surface area contributed by atoms with E-state index in [-0.39, 0.29) is 24.8 Å². The predicted octanol–water partition coefficient (Wildman–Crippen LogP) is 8.53. The molecule has 3 aromatic carbocycles. The molecule has 6 aromatic rings. The lowest BCUT2D eigenvalue weighted by Crippen LogP contribution is -2.48.